The van der Waals surface area contributed by atoms with Crippen LogP contribution in [0.3, 0.4) is 0 Å². The summed E-state index contributed by atoms with van der Waals surface area (Å²) in [5, 5.41) is 5.92. The van der Waals surface area contributed by atoms with E-state index in [1.807, 2.05) is 0 Å². The van der Waals surface area contributed by atoms with E-state index in [1.54, 1.807) is 0 Å². The van der Waals surface area contributed by atoms with Crippen molar-refractivity contribution < 1.29 is 0 Å². The number of hydrogen-bond acceptors (Lipinski definition) is 0. The number of benzene rings is 2. The Labute approximate surface area is 147 Å². The fourth-order valence-corrected chi connectivity index (χ4v) is 4.29. The van der Waals surface area contributed by atoms with Gasteiger partial charge in [-0.3, -0.25) is 0 Å². The van der Waals surface area contributed by atoms with Gasteiger partial charge in [0.2, 0.25) is 0 Å². The largest absolute Gasteiger partial charge is 0.123 e. The molecule has 1 heterocycles. The van der Waals surface area contributed by atoms with Crippen LogP contribution in [0.5, 0.6) is 0 Å². The molecule has 0 amide bonds. The first-order valence-electron chi connectivity index (χ1n) is 7.73. The molecule has 111 valence electrons. The Bertz CT molecular complexity index is 745. The Morgan fingerprint density at radius 3 is 1.32 bits per heavy atom. The predicted molar refractivity (Wildman–Crippen MR) is 104 cm³/mol. The molecule has 0 N–H and O–H groups in total. The summed E-state index contributed by atoms with van der Waals surface area (Å²) in [7, 11) is 0.802. The van der Waals surface area contributed by atoms with Crippen LogP contribution in [0.25, 0.3) is 21.0 Å². The van der Waals surface area contributed by atoms with Gasteiger partial charge < -0.3 is 0 Å². The van der Waals surface area contributed by atoms with Crippen LogP contribution < -0.4 is 0 Å². The smallest absolute Gasteiger partial charge is 0 e. The third-order valence-corrected chi connectivity index (χ3v) is 5.70. The first-order valence-corrected chi connectivity index (χ1v) is 8.73. The minimum atomic E-state index is 0. The molecule has 0 bridgehead atoms. The summed E-state index contributed by atoms with van der Waals surface area (Å²) < 4.78 is 0. The summed E-state index contributed by atoms with van der Waals surface area (Å²) in [6, 6.07) is 14.1. The van der Waals surface area contributed by atoms with Crippen LogP contribution in [0.15, 0.2) is 36.4 Å². The molecule has 2 aromatic carbocycles. The van der Waals surface area contributed by atoms with Crippen molar-refractivity contribution in [2.24, 2.45) is 0 Å². The quantitative estimate of drug-likeness (QED) is 0.431. The maximum Gasteiger partial charge on any atom is 0 e. The zero-order valence-corrected chi connectivity index (χ0v) is 16.0. The van der Waals surface area contributed by atoms with Gasteiger partial charge in [0.15, 0.2) is 0 Å². The molecule has 0 aliphatic carbocycles. The monoisotopic (exact) mass is 303 g/mol. The Morgan fingerprint density at radius 1 is 0.636 bits per heavy atom. The van der Waals surface area contributed by atoms with Gasteiger partial charge in [0, 0.05) is 18.9 Å². The zero-order chi connectivity index (χ0) is 15.4. The predicted octanol–water partition coefficient (Wildman–Crippen LogP) is 6.24. The standard InChI is InChI=1S/C20H25P.Li/c1-19(2,3)13-7-9-15-16-10-8-14(20(4,5)6)12-18(16)21-17(15)11-13;/h7-12,21H,1-6H3;. The molecule has 0 fully saturated rings. The normalized spacial score (nSPS) is 12.6. The fourth-order valence-electron chi connectivity index (χ4n) is 2.84. The van der Waals surface area contributed by atoms with Crippen LogP contribution in [-0.4, -0.2) is 18.9 Å². The van der Waals surface area contributed by atoms with Crippen molar-refractivity contribution in [1.29, 1.82) is 0 Å². The summed E-state index contributed by atoms with van der Waals surface area (Å²) in [5.74, 6) is 0. The third kappa shape index (κ3) is 3.16. The molecule has 1 aromatic heterocycles. The van der Waals surface area contributed by atoms with E-state index in [9.17, 15) is 0 Å². The molecule has 0 aliphatic heterocycles. The fraction of sp³-hybridized carbons (Fsp3) is 0.400. The summed E-state index contributed by atoms with van der Waals surface area (Å²) in [6.45, 7) is 13.7. The molecule has 2 heteroatoms. The van der Waals surface area contributed by atoms with E-state index in [0.29, 0.717) is 0 Å². The third-order valence-electron chi connectivity index (χ3n) is 4.33. The van der Waals surface area contributed by atoms with Crippen molar-refractivity contribution in [2.45, 2.75) is 52.4 Å². The topological polar surface area (TPSA) is 0 Å². The van der Waals surface area contributed by atoms with Crippen molar-refractivity contribution in [3.63, 3.8) is 0 Å². The van der Waals surface area contributed by atoms with Gasteiger partial charge in [0.1, 0.15) is 0 Å². The maximum absolute atomic E-state index is 2.42. The maximum atomic E-state index is 2.42. The number of hydrogen-bond donors (Lipinski definition) is 0. The molecule has 0 unspecified atom stereocenters. The zero-order valence-electron chi connectivity index (χ0n) is 15.0. The molecular weight excluding hydrogens is 278 g/mol. The Kier molecular flexibility index (Phi) is 4.63. The molecule has 0 atom stereocenters. The van der Waals surface area contributed by atoms with E-state index >= 15 is 0 Å². The van der Waals surface area contributed by atoms with E-state index in [-0.39, 0.29) is 29.7 Å². The molecular formula is C20H25LiP. The SMILES string of the molecule is CC(C)(C)c1ccc2c(c1)[pH]c1cc(C(C)(C)C)ccc12.[Li]. The Hall–Kier alpha value is -0.663. The molecule has 0 spiro atoms. The van der Waals surface area contributed by atoms with E-state index < -0.39 is 0 Å². The number of rotatable bonds is 0. The molecule has 1 radical (unpaired) electrons. The van der Waals surface area contributed by atoms with Crippen molar-refractivity contribution in [1.82, 2.24) is 0 Å². The second-order valence-electron chi connectivity index (χ2n) is 8.15. The first kappa shape index (κ1) is 17.7. The second kappa shape index (κ2) is 5.76. The van der Waals surface area contributed by atoms with Gasteiger partial charge >= 0.3 is 0 Å². The van der Waals surface area contributed by atoms with E-state index in [2.05, 4.69) is 77.9 Å². The summed E-state index contributed by atoms with van der Waals surface area (Å²) in [4.78, 5) is 0. The van der Waals surface area contributed by atoms with Crippen LogP contribution in [0.4, 0.5) is 0 Å². The Morgan fingerprint density at radius 2 is 1.00 bits per heavy atom. The first-order chi connectivity index (χ1) is 9.66. The van der Waals surface area contributed by atoms with Gasteiger partial charge in [-0.2, -0.15) is 0 Å². The minimum Gasteiger partial charge on any atom is -0.123 e. The van der Waals surface area contributed by atoms with E-state index in [1.165, 1.54) is 32.1 Å². The van der Waals surface area contributed by atoms with Crippen LogP contribution in [-0.2, 0) is 10.8 Å². The van der Waals surface area contributed by atoms with Crippen LogP contribution >= 0.6 is 8.19 Å². The summed E-state index contributed by atoms with van der Waals surface area (Å²) in [6.07, 6.45) is 0. The van der Waals surface area contributed by atoms with Crippen LogP contribution in [0.1, 0.15) is 52.7 Å². The summed E-state index contributed by atoms with van der Waals surface area (Å²) in [5.41, 5.74) is 3.34. The summed E-state index contributed by atoms with van der Waals surface area (Å²) >= 11 is 0. The molecule has 0 nitrogen and oxygen atoms in total. The van der Waals surface area contributed by atoms with Gasteiger partial charge in [-0.1, -0.05) is 65.8 Å². The second-order valence-corrected chi connectivity index (χ2v) is 9.47. The van der Waals surface area contributed by atoms with Crippen molar-refractivity contribution in [3.05, 3.63) is 47.5 Å². The van der Waals surface area contributed by atoms with Crippen LogP contribution in [0.2, 0.25) is 0 Å². The average Bonchev–Trinajstić information content (AvgIpc) is 2.73. The van der Waals surface area contributed by atoms with Crippen molar-refractivity contribution >= 4 is 48.1 Å². The van der Waals surface area contributed by atoms with Crippen molar-refractivity contribution in [2.75, 3.05) is 0 Å². The molecule has 0 saturated heterocycles. The molecule has 22 heavy (non-hydrogen) atoms. The average molecular weight is 303 g/mol. The van der Waals surface area contributed by atoms with Crippen LogP contribution in [0, 0.1) is 0 Å². The van der Waals surface area contributed by atoms with Gasteiger partial charge in [-0.05, 0) is 55.1 Å². The molecule has 0 aliphatic rings. The minimum absolute atomic E-state index is 0. The molecule has 0 saturated carbocycles. The molecule has 3 rings (SSSR count). The van der Waals surface area contributed by atoms with Gasteiger partial charge in [-0.25, -0.2) is 0 Å². The van der Waals surface area contributed by atoms with E-state index in [0.717, 1.165) is 8.19 Å². The number of fused-ring (bicyclic) bond motifs is 3. The Balaban J connectivity index is 0.00000176. The van der Waals surface area contributed by atoms with Gasteiger partial charge in [-0.15, -0.1) is 8.19 Å². The molecule has 3 aromatic rings. The van der Waals surface area contributed by atoms with Crippen molar-refractivity contribution in [3.8, 4) is 0 Å². The van der Waals surface area contributed by atoms with Gasteiger partial charge in [0.25, 0.3) is 0 Å². The van der Waals surface area contributed by atoms with Gasteiger partial charge in [0.05, 0.1) is 0 Å². The van der Waals surface area contributed by atoms with E-state index in [4.69, 9.17) is 0 Å².